The molecule has 1 aromatic rings. The summed E-state index contributed by atoms with van der Waals surface area (Å²) in [6.07, 6.45) is 2.52. The number of likely N-dealkylation sites (tertiary alicyclic amines) is 2. The number of rotatable bonds is 3. The van der Waals surface area contributed by atoms with Crippen molar-refractivity contribution in [2.24, 2.45) is 11.3 Å². The van der Waals surface area contributed by atoms with Gasteiger partial charge in [-0.25, -0.2) is 0 Å². The zero-order valence-electron chi connectivity index (χ0n) is 14.3. The van der Waals surface area contributed by atoms with E-state index in [1.165, 1.54) is 0 Å². The van der Waals surface area contributed by atoms with Crippen molar-refractivity contribution in [1.82, 2.24) is 9.80 Å². The van der Waals surface area contributed by atoms with Crippen LogP contribution in [0, 0.1) is 11.3 Å². The topological polar surface area (TPSA) is 60.9 Å². The molecule has 5 nitrogen and oxygen atoms in total. The number of carbonyl (C=O) groups is 2. The zero-order chi connectivity index (χ0) is 17.2. The fourth-order valence-electron chi connectivity index (χ4n) is 3.90. The lowest BCUT2D eigenvalue weighted by atomic mass is 9.80. The molecule has 0 aromatic heterocycles. The Morgan fingerprint density at radius 3 is 2.62 bits per heavy atom. The SMILES string of the molecule is CC1(C(=O)N2CCC(CO)C2)CCCN(C(=O)c2ccccc2)C1. The van der Waals surface area contributed by atoms with Crippen molar-refractivity contribution >= 4 is 11.8 Å². The summed E-state index contributed by atoms with van der Waals surface area (Å²) in [5, 5.41) is 9.29. The van der Waals surface area contributed by atoms with Crippen LogP contribution >= 0.6 is 0 Å². The molecule has 2 saturated heterocycles. The fourth-order valence-corrected chi connectivity index (χ4v) is 3.90. The number of amides is 2. The number of aliphatic hydroxyl groups excluding tert-OH is 1. The lowest BCUT2D eigenvalue weighted by Gasteiger charge is -2.41. The molecule has 24 heavy (non-hydrogen) atoms. The highest BCUT2D eigenvalue weighted by Crippen LogP contribution is 2.34. The second-order valence-electron chi connectivity index (χ2n) is 7.35. The van der Waals surface area contributed by atoms with Crippen LogP contribution in [0.5, 0.6) is 0 Å². The van der Waals surface area contributed by atoms with Crippen molar-refractivity contribution in [2.45, 2.75) is 26.2 Å². The highest BCUT2D eigenvalue weighted by Gasteiger charge is 2.43. The molecule has 5 heteroatoms. The van der Waals surface area contributed by atoms with Crippen molar-refractivity contribution in [3.8, 4) is 0 Å². The van der Waals surface area contributed by atoms with Crippen molar-refractivity contribution in [3.05, 3.63) is 35.9 Å². The molecular weight excluding hydrogens is 304 g/mol. The van der Waals surface area contributed by atoms with E-state index in [1.807, 2.05) is 47.1 Å². The molecule has 2 amide bonds. The average Bonchev–Trinajstić information content (AvgIpc) is 3.10. The van der Waals surface area contributed by atoms with Crippen LogP contribution in [0.25, 0.3) is 0 Å². The Hall–Kier alpha value is -1.88. The lowest BCUT2D eigenvalue weighted by molar-refractivity contribution is -0.142. The number of carbonyl (C=O) groups excluding carboxylic acids is 2. The summed E-state index contributed by atoms with van der Waals surface area (Å²) in [5.74, 6) is 0.330. The third kappa shape index (κ3) is 3.31. The van der Waals surface area contributed by atoms with Crippen LogP contribution in [0.4, 0.5) is 0 Å². The number of benzene rings is 1. The minimum Gasteiger partial charge on any atom is -0.396 e. The first-order chi connectivity index (χ1) is 11.5. The average molecular weight is 330 g/mol. The van der Waals surface area contributed by atoms with Gasteiger partial charge in [0.2, 0.25) is 5.91 Å². The van der Waals surface area contributed by atoms with E-state index in [-0.39, 0.29) is 24.3 Å². The van der Waals surface area contributed by atoms with Crippen LogP contribution in [-0.2, 0) is 4.79 Å². The van der Waals surface area contributed by atoms with Crippen molar-refractivity contribution in [2.75, 3.05) is 32.8 Å². The lowest BCUT2D eigenvalue weighted by Crippen LogP contribution is -2.52. The molecule has 0 aliphatic carbocycles. The smallest absolute Gasteiger partial charge is 0.253 e. The molecule has 2 fully saturated rings. The van der Waals surface area contributed by atoms with Crippen LogP contribution in [0.1, 0.15) is 36.5 Å². The maximum Gasteiger partial charge on any atom is 0.253 e. The molecule has 2 atom stereocenters. The molecule has 130 valence electrons. The minimum absolute atomic E-state index is 0.00369. The molecular formula is C19H26N2O3. The van der Waals surface area contributed by atoms with Gasteiger partial charge < -0.3 is 14.9 Å². The number of aliphatic hydroxyl groups is 1. The Labute approximate surface area is 143 Å². The van der Waals surface area contributed by atoms with E-state index in [0.29, 0.717) is 31.7 Å². The molecule has 0 spiro atoms. The zero-order valence-corrected chi connectivity index (χ0v) is 14.3. The van der Waals surface area contributed by atoms with Crippen LogP contribution < -0.4 is 0 Å². The molecule has 3 rings (SSSR count). The number of hydrogen-bond donors (Lipinski definition) is 1. The third-order valence-electron chi connectivity index (χ3n) is 5.35. The van der Waals surface area contributed by atoms with E-state index >= 15 is 0 Å². The Morgan fingerprint density at radius 1 is 1.21 bits per heavy atom. The van der Waals surface area contributed by atoms with Crippen LogP contribution in [0.3, 0.4) is 0 Å². The van der Waals surface area contributed by atoms with Gasteiger partial charge in [0.15, 0.2) is 0 Å². The van der Waals surface area contributed by atoms with Crippen LogP contribution in [0.15, 0.2) is 30.3 Å². The van der Waals surface area contributed by atoms with Crippen molar-refractivity contribution in [1.29, 1.82) is 0 Å². The van der Waals surface area contributed by atoms with Gasteiger partial charge in [0.05, 0.1) is 5.41 Å². The summed E-state index contributed by atoms with van der Waals surface area (Å²) >= 11 is 0. The highest BCUT2D eigenvalue weighted by molar-refractivity contribution is 5.95. The maximum absolute atomic E-state index is 13.0. The molecule has 1 N–H and O–H groups in total. The van der Waals surface area contributed by atoms with E-state index in [2.05, 4.69) is 0 Å². The van der Waals surface area contributed by atoms with E-state index < -0.39 is 5.41 Å². The van der Waals surface area contributed by atoms with Crippen LogP contribution in [-0.4, -0.2) is 59.5 Å². The van der Waals surface area contributed by atoms with E-state index in [9.17, 15) is 14.7 Å². The van der Waals surface area contributed by atoms with Gasteiger partial charge in [0, 0.05) is 44.3 Å². The molecule has 2 aliphatic heterocycles. The highest BCUT2D eigenvalue weighted by atomic mass is 16.3. The van der Waals surface area contributed by atoms with E-state index in [1.54, 1.807) is 0 Å². The van der Waals surface area contributed by atoms with Crippen LogP contribution in [0.2, 0.25) is 0 Å². The van der Waals surface area contributed by atoms with Gasteiger partial charge in [-0.3, -0.25) is 9.59 Å². The summed E-state index contributed by atoms with van der Waals surface area (Å²) in [6, 6.07) is 9.26. The Morgan fingerprint density at radius 2 is 1.96 bits per heavy atom. The molecule has 1 aromatic carbocycles. The number of piperidine rings is 1. The summed E-state index contributed by atoms with van der Waals surface area (Å²) in [7, 11) is 0. The monoisotopic (exact) mass is 330 g/mol. The molecule has 2 heterocycles. The molecule has 0 saturated carbocycles. The Kier molecular flexibility index (Phi) is 4.90. The third-order valence-corrected chi connectivity index (χ3v) is 5.35. The molecule has 0 bridgehead atoms. The predicted octanol–water partition coefficient (Wildman–Crippen LogP) is 1.77. The summed E-state index contributed by atoms with van der Waals surface area (Å²) in [4.78, 5) is 29.4. The van der Waals surface area contributed by atoms with Crippen molar-refractivity contribution in [3.63, 3.8) is 0 Å². The maximum atomic E-state index is 13.0. The predicted molar refractivity (Wildman–Crippen MR) is 91.5 cm³/mol. The first-order valence-electron chi connectivity index (χ1n) is 8.78. The Bertz CT molecular complexity index is 604. The van der Waals surface area contributed by atoms with E-state index in [4.69, 9.17) is 0 Å². The number of nitrogens with zero attached hydrogens (tertiary/aromatic N) is 2. The van der Waals surface area contributed by atoms with Gasteiger partial charge in [0.25, 0.3) is 5.91 Å². The second kappa shape index (κ2) is 6.93. The summed E-state index contributed by atoms with van der Waals surface area (Å²) in [6.45, 7) is 4.64. The fraction of sp³-hybridized carbons (Fsp3) is 0.579. The number of hydrogen-bond acceptors (Lipinski definition) is 3. The minimum atomic E-state index is -0.521. The summed E-state index contributed by atoms with van der Waals surface area (Å²) < 4.78 is 0. The quantitative estimate of drug-likeness (QED) is 0.919. The van der Waals surface area contributed by atoms with Crippen molar-refractivity contribution < 1.29 is 14.7 Å². The first-order valence-corrected chi connectivity index (χ1v) is 8.78. The normalized spacial score (nSPS) is 27.3. The van der Waals surface area contributed by atoms with Gasteiger partial charge in [-0.2, -0.15) is 0 Å². The van der Waals surface area contributed by atoms with Gasteiger partial charge in [-0.15, -0.1) is 0 Å². The standard InChI is InChI=1S/C19H26N2O3/c1-19(18(24)20-11-8-15(12-20)13-22)9-5-10-21(14-19)17(23)16-6-3-2-4-7-16/h2-4,6-7,15,22H,5,8-14H2,1H3. The van der Waals surface area contributed by atoms with E-state index in [0.717, 1.165) is 19.3 Å². The molecule has 2 aliphatic rings. The van der Waals surface area contributed by atoms with Gasteiger partial charge in [-0.05, 0) is 38.3 Å². The van der Waals surface area contributed by atoms with Gasteiger partial charge in [0.1, 0.15) is 0 Å². The van der Waals surface area contributed by atoms with Gasteiger partial charge >= 0.3 is 0 Å². The molecule has 2 unspecified atom stereocenters. The Balaban J connectivity index is 1.70. The van der Waals surface area contributed by atoms with Gasteiger partial charge in [-0.1, -0.05) is 18.2 Å². The molecule has 0 radical (unpaired) electrons. The largest absolute Gasteiger partial charge is 0.396 e. The first kappa shape index (κ1) is 17.0. The second-order valence-corrected chi connectivity index (χ2v) is 7.35. The summed E-state index contributed by atoms with van der Waals surface area (Å²) in [5.41, 5.74) is 0.156.